The van der Waals surface area contributed by atoms with Crippen molar-refractivity contribution in [3.05, 3.63) is 82.9 Å². The minimum atomic E-state index is -0.986. The van der Waals surface area contributed by atoms with Crippen LogP contribution in [0.4, 0.5) is 9.59 Å². The molecule has 0 bridgehead atoms. The Labute approximate surface area is 309 Å². The summed E-state index contributed by atoms with van der Waals surface area (Å²) in [5, 5.41) is -0.00849. The van der Waals surface area contributed by atoms with E-state index in [9.17, 15) is 28.8 Å². The van der Waals surface area contributed by atoms with Crippen LogP contribution >= 0.6 is 23.2 Å². The van der Waals surface area contributed by atoms with Crippen molar-refractivity contribution in [2.24, 2.45) is 0 Å². The molecule has 1 aliphatic rings. The molecule has 2 aromatic rings. The summed E-state index contributed by atoms with van der Waals surface area (Å²) in [6.07, 6.45) is 2.88. The number of benzene rings is 2. The number of hydrogen-bond donors (Lipinski definition) is 0. The average molecular weight is 766 g/mol. The van der Waals surface area contributed by atoms with Crippen LogP contribution in [-0.2, 0) is 38.0 Å². The van der Waals surface area contributed by atoms with E-state index in [1.54, 1.807) is 0 Å². The Bertz CT molecular complexity index is 1480. The van der Waals surface area contributed by atoms with Crippen molar-refractivity contribution in [2.45, 2.75) is 63.6 Å². The summed E-state index contributed by atoms with van der Waals surface area (Å²) < 4.78 is 41.0. The van der Waals surface area contributed by atoms with Crippen LogP contribution in [0.25, 0.3) is 0 Å². The first-order chi connectivity index (χ1) is 25.0. The second kappa shape index (κ2) is 22.0. The van der Waals surface area contributed by atoms with Crippen molar-refractivity contribution in [1.29, 1.82) is 0 Å². The van der Waals surface area contributed by atoms with Gasteiger partial charge < -0.3 is 37.9 Å². The molecule has 1 aliphatic carbocycles. The second-order valence-corrected chi connectivity index (χ2v) is 11.9. The second-order valence-electron chi connectivity index (χ2n) is 11.1. The molecule has 16 heteroatoms. The van der Waals surface area contributed by atoms with E-state index in [1.807, 2.05) is 0 Å². The number of rotatable bonds is 18. The normalized spacial score (nSPS) is 14.9. The zero-order valence-corrected chi connectivity index (χ0v) is 29.7. The van der Waals surface area contributed by atoms with E-state index in [0.29, 0.717) is 51.4 Å². The quantitative estimate of drug-likeness (QED) is 0.0483. The number of ether oxygens (including phenoxy) is 8. The number of carbonyl (C=O) groups excluding carboxylic acids is 6. The maximum atomic E-state index is 12.8. The topological polar surface area (TPSA) is 176 Å². The molecule has 280 valence electrons. The fourth-order valence-corrected chi connectivity index (χ4v) is 4.99. The van der Waals surface area contributed by atoms with Crippen molar-refractivity contribution < 1.29 is 66.7 Å². The van der Waals surface area contributed by atoms with E-state index >= 15 is 0 Å². The third-order valence-corrected chi connectivity index (χ3v) is 7.82. The van der Waals surface area contributed by atoms with Crippen LogP contribution in [0.1, 0.15) is 72.1 Å². The number of esters is 4. The molecule has 52 heavy (non-hydrogen) atoms. The van der Waals surface area contributed by atoms with Gasteiger partial charge in [-0.1, -0.05) is 36.4 Å². The van der Waals surface area contributed by atoms with Gasteiger partial charge in [0.15, 0.2) is 11.5 Å². The molecular formula is C36H38Cl2O14. The Morgan fingerprint density at radius 1 is 0.577 bits per heavy atom. The van der Waals surface area contributed by atoms with E-state index < -0.39 is 48.4 Å². The Morgan fingerprint density at radius 2 is 0.923 bits per heavy atom. The van der Waals surface area contributed by atoms with Gasteiger partial charge in [0.05, 0.1) is 47.6 Å². The lowest BCUT2D eigenvalue weighted by atomic mass is 9.95. The summed E-state index contributed by atoms with van der Waals surface area (Å²) in [6, 6.07) is 8.12. The first-order valence-electron chi connectivity index (χ1n) is 16.3. The Kier molecular flexibility index (Phi) is 17.5. The molecule has 3 rings (SSSR count). The Balaban J connectivity index is 1.35. The molecule has 1 fully saturated rings. The highest BCUT2D eigenvalue weighted by Gasteiger charge is 2.28. The maximum Gasteiger partial charge on any atom is 0.513 e. The highest BCUT2D eigenvalue weighted by Crippen LogP contribution is 2.30. The van der Waals surface area contributed by atoms with Crippen molar-refractivity contribution in [3.8, 4) is 11.5 Å². The van der Waals surface area contributed by atoms with Gasteiger partial charge in [-0.05, 0) is 87.8 Å². The van der Waals surface area contributed by atoms with Gasteiger partial charge in [0.2, 0.25) is 0 Å². The number of hydrogen-bond acceptors (Lipinski definition) is 14. The molecule has 2 aromatic carbocycles. The van der Waals surface area contributed by atoms with Gasteiger partial charge in [0.1, 0.15) is 12.2 Å². The third-order valence-electron chi connectivity index (χ3n) is 7.23. The SMILES string of the molecule is C=CC(=O)OCCCCOC(=O)Oc1ccc(C(=O)OC2CCC(OC(=O)c3ccc(OC(=O)OCCCCOC(=O)C=C)c(Cl)c3)CC2)cc1Cl. The predicted octanol–water partition coefficient (Wildman–Crippen LogP) is 7.37. The molecule has 0 unspecified atom stereocenters. The van der Waals surface area contributed by atoms with Crippen LogP contribution in [0.3, 0.4) is 0 Å². The van der Waals surface area contributed by atoms with Gasteiger partial charge in [-0.3, -0.25) is 0 Å². The zero-order chi connectivity index (χ0) is 37.9. The molecule has 1 saturated carbocycles. The summed E-state index contributed by atoms with van der Waals surface area (Å²) in [7, 11) is 0. The van der Waals surface area contributed by atoms with Crippen molar-refractivity contribution in [2.75, 3.05) is 26.4 Å². The van der Waals surface area contributed by atoms with Crippen LogP contribution < -0.4 is 9.47 Å². The fraction of sp³-hybridized carbons (Fsp3) is 0.389. The molecule has 0 saturated heterocycles. The third kappa shape index (κ3) is 14.6. The first-order valence-corrected chi connectivity index (χ1v) is 17.0. The molecule has 0 aromatic heterocycles. The molecule has 0 spiro atoms. The van der Waals surface area contributed by atoms with E-state index in [1.165, 1.54) is 36.4 Å². The lowest BCUT2D eigenvalue weighted by Gasteiger charge is -2.28. The van der Waals surface area contributed by atoms with Crippen molar-refractivity contribution >= 4 is 59.4 Å². The van der Waals surface area contributed by atoms with Crippen LogP contribution in [0.5, 0.6) is 11.5 Å². The lowest BCUT2D eigenvalue weighted by Crippen LogP contribution is -2.29. The number of halogens is 2. The predicted molar refractivity (Wildman–Crippen MR) is 185 cm³/mol. The molecular weight excluding hydrogens is 727 g/mol. The first kappa shape index (κ1) is 41.3. The molecule has 0 amide bonds. The highest BCUT2D eigenvalue weighted by molar-refractivity contribution is 6.32. The lowest BCUT2D eigenvalue weighted by molar-refractivity contribution is -0.138. The molecule has 0 aliphatic heterocycles. The average Bonchev–Trinajstić information content (AvgIpc) is 3.13. The van der Waals surface area contributed by atoms with Gasteiger partial charge >= 0.3 is 36.2 Å². The van der Waals surface area contributed by atoms with Crippen LogP contribution in [-0.4, -0.2) is 74.8 Å². The van der Waals surface area contributed by atoms with Gasteiger partial charge in [-0.15, -0.1) is 0 Å². The van der Waals surface area contributed by atoms with E-state index in [-0.39, 0.29) is 59.1 Å². The summed E-state index contributed by atoms with van der Waals surface area (Å²) >= 11 is 12.4. The largest absolute Gasteiger partial charge is 0.513 e. The van der Waals surface area contributed by atoms with Gasteiger partial charge in [-0.2, -0.15) is 0 Å². The fourth-order valence-electron chi connectivity index (χ4n) is 4.55. The minimum absolute atomic E-state index is 0.00425. The molecule has 0 N–H and O–H groups in total. The molecule has 14 nitrogen and oxygen atoms in total. The molecule has 0 atom stereocenters. The molecule has 0 radical (unpaired) electrons. The van der Waals surface area contributed by atoms with Crippen LogP contribution in [0, 0.1) is 0 Å². The summed E-state index contributed by atoms with van der Waals surface area (Å²) in [5.41, 5.74) is 0.296. The summed E-state index contributed by atoms with van der Waals surface area (Å²) in [6.45, 7) is 6.98. The highest BCUT2D eigenvalue weighted by atomic mass is 35.5. The standard InChI is InChI=1S/C36H38Cl2O14/c1-3-31(39)45-17-5-7-19-47-35(43)51-29-15-9-23(21-27(29)37)33(41)49-25-11-13-26(14-12-25)50-34(42)24-10-16-30(28(38)22-24)52-36(44)48-20-8-6-18-46-32(40)4-2/h3-4,9-10,15-16,21-22,25-26H,1-2,5-8,11-14,17-20H2. The number of carbonyl (C=O) groups is 6. The zero-order valence-electron chi connectivity index (χ0n) is 28.1. The monoisotopic (exact) mass is 764 g/mol. The van der Waals surface area contributed by atoms with Crippen molar-refractivity contribution in [3.63, 3.8) is 0 Å². The minimum Gasteiger partial charge on any atom is -0.463 e. The Hall–Kier alpha value is -5.08. The smallest absolute Gasteiger partial charge is 0.463 e. The van der Waals surface area contributed by atoms with Crippen LogP contribution in [0.2, 0.25) is 10.0 Å². The number of unbranched alkanes of at least 4 members (excludes halogenated alkanes) is 2. The summed E-state index contributed by atoms with van der Waals surface area (Å²) in [5.74, 6) is -2.33. The molecule has 0 heterocycles. The van der Waals surface area contributed by atoms with Crippen LogP contribution in [0.15, 0.2) is 61.7 Å². The van der Waals surface area contributed by atoms with Gasteiger partial charge in [0.25, 0.3) is 0 Å². The van der Waals surface area contributed by atoms with Gasteiger partial charge in [-0.25, -0.2) is 28.8 Å². The van der Waals surface area contributed by atoms with E-state index in [2.05, 4.69) is 13.2 Å². The maximum absolute atomic E-state index is 12.8. The van der Waals surface area contributed by atoms with E-state index in [4.69, 9.17) is 61.1 Å². The summed E-state index contributed by atoms with van der Waals surface area (Å²) in [4.78, 5) is 71.5. The van der Waals surface area contributed by atoms with Gasteiger partial charge in [0, 0.05) is 12.2 Å². The van der Waals surface area contributed by atoms with E-state index in [0.717, 1.165) is 12.2 Å². The Morgan fingerprint density at radius 3 is 1.25 bits per heavy atom. The van der Waals surface area contributed by atoms with Crippen molar-refractivity contribution in [1.82, 2.24) is 0 Å².